The largest absolute Gasteiger partial charge is 0.496 e. The van der Waals surface area contributed by atoms with Crippen molar-refractivity contribution in [1.29, 1.82) is 0 Å². The van der Waals surface area contributed by atoms with E-state index in [9.17, 15) is 4.39 Å². The Morgan fingerprint density at radius 2 is 2.11 bits per heavy atom. The van der Waals surface area contributed by atoms with Crippen molar-refractivity contribution < 1.29 is 13.9 Å². The monoisotopic (exact) mass is 269 g/mol. The van der Waals surface area contributed by atoms with Crippen LogP contribution in [0.3, 0.4) is 0 Å². The van der Waals surface area contributed by atoms with Gasteiger partial charge in [0.2, 0.25) is 0 Å². The average Bonchev–Trinajstić information content (AvgIpc) is 2.42. The van der Waals surface area contributed by atoms with Crippen LogP contribution in [0, 0.1) is 5.82 Å². The molecule has 1 unspecified atom stereocenters. The fraction of sp³-hybridized carbons (Fsp3) is 0.600. The predicted octanol–water partition coefficient (Wildman–Crippen LogP) is 3.30. The van der Waals surface area contributed by atoms with Crippen LogP contribution in [0.1, 0.15) is 38.3 Å². The summed E-state index contributed by atoms with van der Waals surface area (Å²) in [6, 6.07) is 4.81. The summed E-state index contributed by atoms with van der Waals surface area (Å²) in [5, 5.41) is 3.29. The van der Waals surface area contributed by atoms with Crippen molar-refractivity contribution in [2.24, 2.45) is 0 Å². The lowest BCUT2D eigenvalue weighted by Crippen LogP contribution is -2.22. The van der Waals surface area contributed by atoms with Crippen LogP contribution in [-0.4, -0.2) is 26.9 Å². The highest BCUT2D eigenvalue weighted by molar-refractivity contribution is 5.36. The van der Waals surface area contributed by atoms with Gasteiger partial charge in [0.1, 0.15) is 11.6 Å². The molecular weight excluding hydrogens is 245 g/mol. The molecule has 0 saturated carbocycles. The van der Waals surface area contributed by atoms with E-state index in [1.54, 1.807) is 19.2 Å². The number of rotatable bonds is 9. The maximum Gasteiger partial charge on any atom is 0.131 e. The van der Waals surface area contributed by atoms with Crippen molar-refractivity contribution in [2.45, 2.75) is 32.7 Å². The van der Waals surface area contributed by atoms with E-state index in [0.717, 1.165) is 32.6 Å². The molecule has 0 aliphatic carbocycles. The summed E-state index contributed by atoms with van der Waals surface area (Å²) in [7, 11) is 1.56. The van der Waals surface area contributed by atoms with Crippen LogP contribution in [0.2, 0.25) is 0 Å². The molecule has 1 aromatic carbocycles. The number of hydrogen-bond donors (Lipinski definition) is 1. The third-order valence-electron chi connectivity index (χ3n) is 2.93. The maximum absolute atomic E-state index is 13.8. The first-order valence-electron chi connectivity index (χ1n) is 6.84. The third-order valence-corrected chi connectivity index (χ3v) is 2.93. The zero-order valence-corrected chi connectivity index (χ0v) is 12.0. The van der Waals surface area contributed by atoms with E-state index >= 15 is 0 Å². The van der Waals surface area contributed by atoms with Crippen molar-refractivity contribution in [3.05, 3.63) is 29.6 Å². The Labute approximate surface area is 115 Å². The summed E-state index contributed by atoms with van der Waals surface area (Å²) in [5.41, 5.74) is 0.583. The van der Waals surface area contributed by atoms with Gasteiger partial charge in [-0.25, -0.2) is 4.39 Å². The number of methoxy groups -OCH3 is 1. The first-order valence-corrected chi connectivity index (χ1v) is 6.84. The van der Waals surface area contributed by atoms with Gasteiger partial charge < -0.3 is 14.8 Å². The topological polar surface area (TPSA) is 30.5 Å². The van der Waals surface area contributed by atoms with E-state index < -0.39 is 0 Å². The van der Waals surface area contributed by atoms with Crippen molar-refractivity contribution in [3.63, 3.8) is 0 Å². The molecule has 19 heavy (non-hydrogen) atoms. The van der Waals surface area contributed by atoms with Gasteiger partial charge in [0.25, 0.3) is 0 Å². The van der Waals surface area contributed by atoms with Crippen LogP contribution >= 0.6 is 0 Å². The number of hydrogen-bond acceptors (Lipinski definition) is 3. The third kappa shape index (κ3) is 5.17. The van der Waals surface area contributed by atoms with Gasteiger partial charge in [0.05, 0.1) is 7.11 Å². The summed E-state index contributed by atoms with van der Waals surface area (Å²) in [6.45, 7) is 6.36. The minimum atomic E-state index is -0.235. The molecule has 0 heterocycles. The SMILES string of the molecule is CCCOCCCNC(C)c1c(F)cccc1OC. The molecule has 0 saturated heterocycles. The molecule has 1 atom stereocenters. The Morgan fingerprint density at radius 1 is 1.32 bits per heavy atom. The molecule has 0 spiro atoms. The smallest absolute Gasteiger partial charge is 0.131 e. The number of benzene rings is 1. The van der Waals surface area contributed by atoms with Crippen LogP contribution in [0.15, 0.2) is 18.2 Å². The summed E-state index contributed by atoms with van der Waals surface area (Å²) < 4.78 is 24.4. The first-order chi connectivity index (χ1) is 9.20. The second-order valence-corrected chi connectivity index (χ2v) is 4.50. The van der Waals surface area contributed by atoms with Crippen LogP contribution in [0.5, 0.6) is 5.75 Å². The van der Waals surface area contributed by atoms with E-state index in [-0.39, 0.29) is 11.9 Å². The Morgan fingerprint density at radius 3 is 2.79 bits per heavy atom. The molecule has 0 aromatic heterocycles. The second kappa shape index (κ2) is 8.88. The first kappa shape index (κ1) is 15.9. The Balaban J connectivity index is 2.43. The standard InChI is InChI=1S/C15H24FNO2/c1-4-10-19-11-6-9-17-12(2)15-13(16)7-5-8-14(15)18-3/h5,7-8,12,17H,4,6,9-11H2,1-3H3. The zero-order valence-electron chi connectivity index (χ0n) is 12.0. The average molecular weight is 269 g/mol. The van der Waals surface area contributed by atoms with Gasteiger partial charge in [0.15, 0.2) is 0 Å². The lowest BCUT2D eigenvalue weighted by molar-refractivity contribution is 0.131. The van der Waals surface area contributed by atoms with Crippen molar-refractivity contribution >= 4 is 0 Å². The van der Waals surface area contributed by atoms with Gasteiger partial charge in [-0.2, -0.15) is 0 Å². The molecule has 4 heteroatoms. The molecule has 0 fully saturated rings. The molecule has 1 N–H and O–H groups in total. The van der Waals surface area contributed by atoms with Crippen LogP contribution in [0.25, 0.3) is 0 Å². The number of nitrogens with one attached hydrogen (secondary N) is 1. The van der Waals surface area contributed by atoms with E-state index in [4.69, 9.17) is 9.47 Å². The molecule has 1 aromatic rings. The van der Waals surface area contributed by atoms with Crippen LogP contribution in [0.4, 0.5) is 4.39 Å². The van der Waals surface area contributed by atoms with Crippen LogP contribution in [-0.2, 0) is 4.74 Å². The summed E-state index contributed by atoms with van der Waals surface area (Å²) >= 11 is 0. The highest BCUT2D eigenvalue weighted by atomic mass is 19.1. The molecule has 0 radical (unpaired) electrons. The van der Waals surface area contributed by atoms with E-state index in [0.29, 0.717) is 11.3 Å². The van der Waals surface area contributed by atoms with Crippen LogP contribution < -0.4 is 10.1 Å². The van der Waals surface area contributed by atoms with Crippen molar-refractivity contribution in [2.75, 3.05) is 26.9 Å². The summed E-state index contributed by atoms with van der Waals surface area (Å²) in [6.07, 6.45) is 1.96. The van der Waals surface area contributed by atoms with Gasteiger partial charge in [0, 0.05) is 24.8 Å². The number of halogens is 1. The Bertz CT molecular complexity index is 371. The molecule has 0 aliphatic heterocycles. The quantitative estimate of drug-likeness (QED) is 0.698. The fourth-order valence-electron chi connectivity index (χ4n) is 1.96. The van der Waals surface area contributed by atoms with Gasteiger partial charge in [-0.1, -0.05) is 13.0 Å². The van der Waals surface area contributed by atoms with Gasteiger partial charge in [-0.3, -0.25) is 0 Å². The van der Waals surface area contributed by atoms with Gasteiger partial charge >= 0.3 is 0 Å². The van der Waals surface area contributed by atoms with E-state index in [1.165, 1.54) is 6.07 Å². The van der Waals surface area contributed by atoms with Gasteiger partial charge in [-0.15, -0.1) is 0 Å². The molecule has 0 amide bonds. The predicted molar refractivity (Wildman–Crippen MR) is 75.1 cm³/mol. The molecule has 1 rings (SSSR count). The van der Waals surface area contributed by atoms with Gasteiger partial charge in [-0.05, 0) is 38.4 Å². The minimum Gasteiger partial charge on any atom is -0.496 e. The van der Waals surface area contributed by atoms with Crippen molar-refractivity contribution in [3.8, 4) is 5.75 Å². The van der Waals surface area contributed by atoms with Crippen molar-refractivity contribution in [1.82, 2.24) is 5.32 Å². The molecule has 108 valence electrons. The number of ether oxygens (including phenoxy) is 2. The van der Waals surface area contributed by atoms with E-state index in [2.05, 4.69) is 12.2 Å². The Kier molecular flexibility index (Phi) is 7.45. The molecule has 0 aliphatic rings. The fourth-order valence-corrected chi connectivity index (χ4v) is 1.96. The maximum atomic E-state index is 13.8. The normalized spacial score (nSPS) is 12.4. The second-order valence-electron chi connectivity index (χ2n) is 4.50. The summed E-state index contributed by atoms with van der Waals surface area (Å²) in [4.78, 5) is 0. The highest BCUT2D eigenvalue weighted by Crippen LogP contribution is 2.27. The van der Waals surface area contributed by atoms with E-state index in [1.807, 2.05) is 6.92 Å². The Hall–Kier alpha value is -1.13. The molecule has 0 bridgehead atoms. The zero-order chi connectivity index (χ0) is 14.1. The molecular formula is C15H24FNO2. The summed E-state index contributed by atoms with van der Waals surface area (Å²) in [5.74, 6) is 0.351. The minimum absolute atomic E-state index is 0.0812. The lowest BCUT2D eigenvalue weighted by Gasteiger charge is -2.18. The molecule has 3 nitrogen and oxygen atoms in total. The lowest BCUT2D eigenvalue weighted by atomic mass is 10.1. The highest BCUT2D eigenvalue weighted by Gasteiger charge is 2.15.